The van der Waals surface area contributed by atoms with E-state index in [-0.39, 0.29) is 17.4 Å². The fourth-order valence-corrected chi connectivity index (χ4v) is 2.31. The molecule has 0 amide bonds. The van der Waals surface area contributed by atoms with Crippen LogP contribution in [0.15, 0.2) is 0 Å². The second-order valence-corrected chi connectivity index (χ2v) is 5.84. The second-order valence-electron chi connectivity index (χ2n) is 4.64. The zero-order valence-corrected chi connectivity index (χ0v) is 14.7. The van der Waals surface area contributed by atoms with Crippen LogP contribution in [0.3, 0.4) is 0 Å². The summed E-state index contributed by atoms with van der Waals surface area (Å²) in [7, 11) is 0. The summed E-state index contributed by atoms with van der Waals surface area (Å²) in [6.45, 7) is 2.26. The largest absolute Gasteiger partial charge is 3.00 e. The molecule has 0 aromatic rings. The van der Waals surface area contributed by atoms with Gasteiger partial charge in [0.2, 0.25) is 0 Å². The Morgan fingerprint density at radius 2 is 1.12 bits per heavy atom. The predicted octanol–water partition coefficient (Wildman–Crippen LogP) is 5.27. The number of carbonyl (C=O) groups is 1. The number of halogens is 1. The summed E-state index contributed by atoms with van der Waals surface area (Å²) < 4.78 is 0.313. The predicted molar refractivity (Wildman–Crippen MR) is 85.9 cm³/mol. The van der Waals surface area contributed by atoms with Gasteiger partial charge in [-0.25, -0.2) is 0 Å². The van der Waals surface area contributed by atoms with E-state index in [0.717, 1.165) is 12.8 Å². The van der Waals surface area contributed by atoms with E-state index in [9.17, 15) is 4.79 Å². The fourth-order valence-electron chi connectivity index (χ4n) is 1.93. The molecule has 0 radical (unpaired) electrons. The molecule has 0 saturated heterocycles. The standard InChI is InChI=1S/C14H27IO.Al/c1-2-3-4-5-6-7-8-9-10-11-12-13-14(15)16;/h2-13H2,1H3;/q;+3. The van der Waals surface area contributed by atoms with Crippen LogP contribution in [-0.4, -0.2) is 21.2 Å². The first-order valence-electron chi connectivity index (χ1n) is 6.95. The minimum absolute atomic E-state index is 0. The number of hydrogen-bond acceptors (Lipinski definition) is 1. The minimum Gasteiger partial charge on any atom is -0.288 e. The van der Waals surface area contributed by atoms with Gasteiger partial charge in [-0.15, -0.1) is 0 Å². The first-order chi connectivity index (χ1) is 7.77. The first-order valence-corrected chi connectivity index (χ1v) is 8.03. The van der Waals surface area contributed by atoms with Crippen LogP contribution in [0, 0.1) is 0 Å². The van der Waals surface area contributed by atoms with Gasteiger partial charge in [-0.3, -0.25) is 4.79 Å². The van der Waals surface area contributed by atoms with Crippen molar-refractivity contribution in [2.24, 2.45) is 0 Å². The van der Waals surface area contributed by atoms with Crippen LogP contribution in [-0.2, 0) is 4.79 Å². The molecule has 0 heterocycles. The molecule has 0 unspecified atom stereocenters. The van der Waals surface area contributed by atoms with Gasteiger partial charge in [0.1, 0.15) is 0 Å². The Morgan fingerprint density at radius 1 is 0.765 bits per heavy atom. The summed E-state index contributed by atoms with van der Waals surface area (Å²) in [5.41, 5.74) is 0. The maximum absolute atomic E-state index is 10.7. The third-order valence-electron chi connectivity index (χ3n) is 2.98. The molecule has 1 nitrogen and oxygen atoms in total. The van der Waals surface area contributed by atoms with Crippen molar-refractivity contribution >= 4 is 43.7 Å². The third-order valence-corrected chi connectivity index (χ3v) is 3.52. The number of hydrogen-bond donors (Lipinski definition) is 0. The Labute approximate surface area is 132 Å². The SMILES string of the molecule is CCCCCCCCCCCCCC(=O)I.[Al+3]. The van der Waals surface area contributed by atoms with Gasteiger partial charge in [-0.1, -0.05) is 71.1 Å². The maximum atomic E-state index is 10.7. The fraction of sp³-hybridized carbons (Fsp3) is 0.929. The zero-order valence-electron chi connectivity index (χ0n) is 11.3. The smallest absolute Gasteiger partial charge is 0.288 e. The second kappa shape index (κ2) is 16.9. The Hall–Kier alpha value is 0.932. The number of unbranched alkanes of at least 4 members (excludes halogenated alkanes) is 10. The molecule has 0 fully saturated rings. The van der Waals surface area contributed by atoms with Crippen LogP contribution in [0.4, 0.5) is 0 Å². The summed E-state index contributed by atoms with van der Waals surface area (Å²) in [6, 6.07) is 0. The van der Waals surface area contributed by atoms with E-state index >= 15 is 0 Å². The molecule has 0 aliphatic rings. The van der Waals surface area contributed by atoms with E-state index < -0.39 is 0 Å². The molecule has 3 heteroatoms. The molecular formula is C14H27AlIO+3. The molecule has 17 heavy (non-hydrogen) atoms. The molecule has 0 rings (SSSR count). The Balaban J connectivity index is 0. The molecule has 0 aliphatic carbocycles. The van der Waals surface area contributed by atoms with Gasteiger partial charge in [-0.05, 0) is 29.0 Å². The molecule has 0 bridgehead atoms. The summed E-state index contributed by atoms with van der Waals surface area (Å²) in [5, 5.41) is 0. The molecule has 96 valence electrons. The summed E-state index contributed by atoms with van der Waals surface area (Å²) in [5.74, 6) is 0. The molecule has 0 aromatic heterocycles. The van der Waals surface area contributed by atoms with Gasteiger partial charge in [0, 0.05) is 6.42 Å². The van der Waals surface area contributed by atoms with Crippen LogP contribution in [0.2, 0.25) is 0 Å². The topological polar surface area (TPSA) is 17.1 Å². The minimum atomic E-state index is 0. The summed E-state index contributed by atoms with van der Waals surface area (Å²) in [4.78, 5) is 10.7. The third kappa shape index (κ3) is 19.5. The van der Waals surface area contributed by atoms with Crippen molar-refractivity contribution < 1.29 is 4.79 Å². The Bertz CT molecular complexity index is 162. The van der Waals surface area contributed by atoms with E-state index in [0.29, 0.717) is 3.79 Å². The van der Waals surface area contributed by atoms with Crippen LogP contribution in [0.1, 0.15) is 84.0 Å². The van der Waals surface area contributed by atoms with E-state index in [4.69, 9.17) is 0 Å². The molecule has 0 aromatic carbocycles. The van der Waals surface area contributed by atoms with Gasteiger partial charge in [0.05, 0.1) is 0 Å². The number of rotatable bonds is 12. The average Bonchev–Trinajstić information content (AvgIpc) is 2.25. The Morgan fingerprint density at radius 3 is 1.47 bits per heavy atom. The van der Waals surface area contributed by atoms with Crippen molar-refractivity contribution in [3.63, 3.8) is 0 Å². The van der Waals surface area contributed by atoms with E-state index in [2.05, 4.69) is 6.92 Å². The average molecular weight is 365 g/mol. The van der Waals surface area contributed by atoms with Crippen molar-refractivity contribution in [1.82, 2.24) is 0 Å². The monoisotopic (exact) mass is 365 g/mol. The molecule has 0 atom stereocenters. The van der Waals surface area contributed by atoms with Crippen LogP contribution in [0.5, 0.6) is 0 Å². The quantitative estimate of drug-likeness (QED) is 0.199. The molecular weight excluding hydrogens is 338 g/mol. The number of carbonyl (C=O) groups excluding carboxylic acids is 1. The van der Waals surface area contributed by atoms with E-state index in [1.54, 1.807) is 0 Å². The van der Waals surface area contributed by atoms with Crippen LogP contribution in [0.25, 0.3) is 0 Å². The summed E-state index contributed by atoms with van der Waals surface area (Å²) >= 11 is 1.89. The van der Waals surface area contributed by atoms with Crippen molar-refractivity contribution in [2.45, 2.75) is 84.0 Å². The normalized spacial score (nSPS) is 10.0. The molecule has 0 N–H and O–H groups in total. The van der Waals surface area contributed by atoms with Crippen LogP contribution < -0.4 is 0 Å². The van der Waals surface area contributed by atoms with Gasteiger partial charge < -0.3 is 0 Å². The van der Waals surface area contributed by atoms with Gasteiger partial charge in [0.25, 0.3) is 0 Å². The Kier molecular flexibility index (Phi) is 20.2. The van der Waals surface area contributed by atoms with Crippen molar-refractivity contribution in [2.75, 3.05) is 0 Å². The molecule has 0 saturated carbocycles. The van der Waals surface area contributed by atoms with E-state index in [1.165, 1.54) is 64.2 Å². The van der Waals surface area contributed by atoms with Gasteiger partial charge in [-0.2, -0.15) is 0 Å². The van der Waals surface area contributed by atoms with Crippen LogP contribution >= 0.6 is 22.6 Å². The van der Waals surface area contributed by atoms with Gasteiger partial charge >= 0.3 is 17.4 Å². The molecule has 0 aliphatic heterocycles. The van der Waals surface area contributed by atoms with E-state index in [1.807, 2.05) is 22.6 Å². The first kappa shape index (κ1) is 20.3. The van der Waals surface area contributed by atoms with Crippen molar-refractivity contribution in [1.29, 1.82) is 0 Å². The van der Waals surface area contributed by atoms with Crippen molar-refractivity contribution in [3.8, 4) is 0 Å². The van der Waals surface area contributed by atoms with Gasteiger partial charge in [0.15, 0.2) is 3.79 Å². The maximum Gasteiger partial charge on any atom is 3.00 e. The summed E-state index contributed by atoms with van der Waals surface area (Å²) in [6.07, 6.45) is 15.6. The van der Waals surface area contributed by atoms with Crippen molar-refractivity contribution in [3.05, 3.63) is 0 Å². The molecule has 0 spiro atoms. The zero-order chi connectivity index (χ0) is 12.1.